The molecule has 28 heavy (non-hydrogen) atoms. The predicted molar refractivity (Wildman–Crippen MR) is 119 cm³/mol. The van der Waals surface area contributed by atoms with Gasteiger partial charge in [0.05, 0.1) is 6.10 Å². The monoisotopic (exact) mass is 384 g/mol. The Bertz CT molecular complexity index is 630. The van der Waals surface area contributed by atoms with Crippen molar-refractivity contribution in [3.63, 3.8) is 0 Å². The zero-order chi connectivity index (χ0) is 20.1. The first kappa shape index (κ1) is 20.7. The van der Waals surface area contributed by atoms with E-state index in [0.717, 1.165) is 41.9 Å². The molecule has 158 valence electrons. The standard InChI is InChI=1S/C27H44O/c1-18(2)7-6-8-19(3)23-11-12-24-22-10-9-20-17-21(28)13-15-26(20,4)25(22)14-16-27(23,24)5/h9-10,17-19,21-25,28H,6-8,11-16H2,1-5H3/t19?,21?,22-,23+,24-,25-,26-,27+/m0/s1. The molecule has 0 saturated heterocycles. The van der Waals surface area contributed by atoms with E-state index in [1.54, 1.807) is 0 Å². The normalized spacial score (nSPS) is 46.0. The Morgan fingerprint density at radius 3 is 2.54 bits per heavy atom. The molecule has 2 fully saturated rings. The topological polar surface area (TPSA) is 20.2 Å². The summed E-state index contributed by atoms with van der Waals surface area (Å²) in [4.78, 5) is 0. The summed E-state index contributed by atoms with van der Waals surface area (Å²) in [6, 6.07) is 0. The molecule has 0 spiro atoms. The van der Waals surface area contributed by atoms with Crippen LogP contribution >= 0.6 is 0 Å². The smallest absolute Gasteiger partial charge is 0.0727 e. The minimum atomic E-state index is -0.222. The van der Waals surface area contributed by atoms with Crippen LogP contribution < -0.4 is 0 Å². The molecule has 0 aliphatic heterocycles. The van der Waals surface area contributed by atoms with Gasteiger partial charge in [0.25, 0.3) is 0 Å². The Balaban J connectivity index is 1.52. The van der Waals surface area contributed by atoms with Gasteiger partial charge in [0.2, 0.25) is 0 Å². The van der Waals surface area contributed by atoms with Gasteiger partial charge in [-0.3, -0.25) is 0 Å². The van der Waals surface area contributed by atoms with E-state index in [0.29, 0.717) is 10.8 Å². The van der Waals surface area contributed by atoms with Crippen LogP contribution in [-0.4, -0.2) is 11.2 Å². The third kappa shape index (κ3) is 3.34. The molecule has 0 radical (unpaired) electrons. The molecule has 0 bridgehead atoms. The van der Waals surface area contributed by atoms with Crippen LogP contribution in [0.2, 0.25) is 0 Å². The van der Waals surface area contributed by atoms with E-state index in [4.69, 9.17) is 0 Å². The highest BCUT2D eigenvalue weighted by molar-refractivity contribution is 5.36. The van der Waals surface area contributed by atoms with Gasteiger partial charge < -0.3 is 5.11 Å². The SMILES string of the molecule is CC(C)CCCC(C)[C@H]1CC[C@H]2[C@@H]3C=CC4=CC(O)CC[C@]4(C)[C@H]3CC[C@]12C. The summed E-state index contributed by atoms with van der Waals surface area (Å²) in [6.45, 7) is 12.5. The van der Waals surface area contributed by atoms with Gasteiger partial charge in [-0.05, 0) is 90.4 Å². The van der Waals surface area contributed by atoms with Crippen molar-refractivity contribution >= 4 is 0 Å². The van der Waals surface area contributed by atoms with Crippen LogP contribution in [0.4, 0.5) is 0 Å². The molecule has 0 aromatic heterocycles. The quantitative estimate of drug-likeness (QED) is 0.533. The second kappa shape index (κ2) is 7.60. The first-order chi connectivity index (χ1) is 13.3. The molecule has 0 aromatic carbocycles. The van der Waals surface area contributed by atoms with Crippen LogP contribution in [0.5, 0.6) is 0 Å². The largest absolute Gasteiger partial charge is 0.389 e. The Kier molecular flexibility index (Phi) is 5.62. The molecular weight excluding hydrogens is 340 g/mol. The zero-order valence-electron chi connectivity index (χ0n) is 19.1. The molecule has 2 unspecified atom stereocenters. The molecule has 4 aliphatic rings. The number of rotatable bonds is 5. The van der Waals surface area contributed by atoms with E-state index in [2.05, 4.69) is 52.8 Å². The molecule has 1 heteroatoms. The van der Waals surface area contributed by atoms with Crippen molar-refractivity contribution in [3.8, 4) is 0 Å². The van der Waals surface area contributed by atoms with Crippen LogP contribution in [0.25, 0.3) is 0 Å². The minimum absolute atomic E-state index is 0.222. The van der Waals surface area contributed by atoms with E-state index in [-0.39, 0.29) is 6.10 Å². The maximum Gasteiger partial charge on any atom is 0.0727 e. The lowest BCUT2D eigenvalue weighted by Crippen LogP contribution is -2.49. The van der Waals surface area contributed by atoms with Crippen molar-refractivity contribution in [1.82, 2.24) is 0 Å². The van der Waals surface area contributed by atoms with Crippen molar-refractivity contribution in [2.24, 2.45) is 46.3 Å². The van der Waals surface area contributed by atoms with E-state index in [9.17, 15) is 5.11 Å². The van der Waals surface area contributed by atoms with Crippen LogP contribution in [0, 0.1) is 46.3 Å². The Hall–Kier alpha value is -0.560. The maximum atomic E-state index is 10.1. The summed E-state index contributed by atoms with van der Waals surface area (Å²) in [5.74, 6) is 5.10. The zero-order valence-corrected chi connectivity index (χ0v) is 19.1. The Labute approximate surface area is 174 Å². The lowest BCUT2D eigenvalue weighted by molar-refractivity contribution is -0.0300. The second-order valence-electron chi connectivity index (χ2n) is 11.8. The number of allylic oxidation sites excluding steroid dienone is 3. The van der Waals surface area contributed by atoms with Gasteiger partial charge in [-0.25, -0.2) is 0 Å². The fourth-order valence-electron chi connectivity index (χ4n) is 8.16. The van der Waals surface area contributed by atoms with E-state index in [1.807, 2.05) is 0 Å². The Morgan fingerprint density at radius 1 is 1.00 bits per heavy atom. The van der Waals surface area contributed by atoms with Crippen molar-refractivity contribution in [3.05, 3.63) is 23.8 Å². The summed E-state index contributed by atoms with van der Waals surface area (Å²) >= 11 is 0. The van der Waals surface area contributed by atoms with Crippen LogP contribution in [0.15, 0.2) is 23.8 Å². The highest BCUT2D eigenvalue weighted by Crippen LogP contribution is 2.66. The summed E-state index contributed by atoms with van der Waals surface area (Å²) in [7, 11) is 0. The molecule has 1 nitrogen and oxygen atoms in total. The minimum Gasteiger partial charge on any atom is -0.389 e. The average Bonchev–Trinajstić information content (AvgIpc) is 2.99. The summed E-state index contributed by atoms with van der Waals surface area (Å²) < 4.78 is 0. The number of aliphatic hydroxyl groups excluding tert-OH is 1. The highest BCUT2D eigenvalue weighted by atomic mass is 16.3. The number of aliphatic hydroxyl groups is 1. The third-order valence-corrected chi connectivity index (χ3v) is 9.84. The fraction of sp³-hybridized carbons (Fsp3) is 0.852. The van der Waals surface area contributed by atoms with Gasteiger partial charge in [-0.1, -0.05) is 72.1 Å². The molecule has 8 atom stereocenters. The molecule has 2 saturated carbocycles. The van der Waals surface area contributed by atoms with Gasteiger partial charge in [-0.2, -0.15) is 0 Å². The lowest BCUT2D eigenvalue weighted by atomic mass is 9.48. The highest BCUT2D eigenvalue weighted by Gasteiger charge is 2.58. The molecular formula is C27H44O. The number of hydrogen-bond acceptors (Lipinski definition) is 1. The molecule has 0 amide bonds. The van der Waals surface area contributed by atoms with Gasteiger partial charge in [0.1, 0.15) is 0 Å². The van der Waals surface area contributed by atoms with Crippen molar-refractivity contribution in [2.45, 2.75) is 98.5 Å². The summed E-state index contributed by atoms with van der Waals surface area (Å²) in [5.41, 5.74) is 2.29. The first-order valence-electron chi connectivity index (χ1n) is 12.3. The van der Waals surface area contributed by atoms with Gasteiger partial charge in [-0.15, -0.1) is 0 Å². The lowest BCUT2D eigenvalue weighted by Gasteiger charge is -2.57. The molecule has 4 rings (SSSR count). The van der Waals surface area contributed by atoms with E-state index < -0.39 is 0 Å². The van der Waals surface area contributed by atoms with E-state index >= 15 is 0 Å². The van der Waals surface area contributed by atoms with Crippen molar-refractivity contribution < 1.29 is 5.11 Å². The third-order valence-electron chi connectivity index (χ3n) is 9.84. The second-order valence-corrected chi connectivity index (χ2v) is 11.8. The van der Waals surface area contributed by atoms with Gasteiger partial charge >= 0.3 is 0 Å². The first-order valence-corrected chi connectivity index (χ1v) is 12.3. The molecule has 4 aliphatic carbocycles. The predicted octanol–water partition coefficient (Wildman–Crippen LogP) is 7.16. The van der Waals surface area contributed by atoms with Crippen LogP contribution in [0.3, 0.4) is 0 Å². The summed E-state index contributed by atoms with van der Waals surface area (Å²) in [5, 5.41) is 10.1. The molecule has 0 aromatic rings. The van der Waals surface area contributed by atoms with Crippen molar-refractivity contribution in [1.29, 1.82) is 0 Å². The van der Waals surface area contributed by atoms with Crippen LogP contribution in [-0.2, 0) is 0 Å². The van der Waals surface area contributed by atoms with Crippen LogP contribution in [0.1, 0.15) is 92.4 Å². The van der Waals surface area contributed by atoms with Gasteiger partial charge in [0, 0.05) is 0 Å². The number of hydrogen-bond donors (Lipinski definition) is 1. The van der Waals surface area contributed by atoms with Crippen molar-refractivity contribution in [2.75, 3.05) is 0 Å². The maximum absolute atomic E-state index is 10.1. The van der Waals surface area contributed by atoms with Gasteiger partial charge in [0.15, 0.2) is 0 Å². The number of fused-ring (bicyclic) bond motifs is 5. The molecule has 0 heterocycles. The summed E-state index contributed by atoms with van der Waals surface area (Å²) in [6.07, 6.45) is 19.0. The average molecular weight is 385 g/mol. The Morgan fingerprint density at radius 2 is 1.79 bits per heavy atom. The van der Waals surface area contributed by atoms with E-state index in [1.165, 1.54) is 56.9 Å². The molecule has 1 N–H and O–H groups in total. The fourth-order valence-corrected chi connectivity index (χ4v) is 8.16.